The molecule has 4 rings (SSSR count). The van der Waals surface area contributed by atoms with Gasteiger partial charge in [0.25, 0.3) is 11.5 Å². The molecule has 7 nitrogen and oxygen atoms in total. The lowest BCUT2D eigenvalue weighted by atomic mass is 10.3. The quantitative estimate of drug-likeness (QED) is 0.480. The molecular weight excluding hydrogens is 413 g/mol. The van der Waals surface area contributed by atoms with Crippen LogP contribution in [0.2, 0.25) is 0 Å². The third-order valence-electron chi connectivity index (χ3n) is 4.58. The van der Waals surface area contributed by atoms with E-state index in [2.05, 4.69) is 10.3 Å². The molecular formula is C24H20FN3O4. The number of halogens is 1. The molecule has 0 saturated carbocycles. The molecule has 0 radical (unpaired) electrons. The number of aromatic nitrogens is 2. The van der Waals surface area contributed by atoms with E-state index in [9.17, 15) is 14.0 Å². The largest absolute Gasteiger partial charge is 0.485 e. The van der Waals surface area contributed by atoms with Gasteiger partial charge in [-0.2, -0.15) is 0 Å². The summed E-state index contributed by atoms with van der Waals surface area (Å²) in [6, 6.07) is 17.4. The van der Waals surface area contributed by atoms with Crippen molar-refractivity contribution >= 4 is 17.2 Å². The van der Waals surface area contributed by atoms with Crippen molar-refractivity contribution in [3.63, 3.8) is 0 Å². The highest BCUT2D eigenvalue weighted by molar-refractivity contribution is 5.93. The van der Waals surface area contributed by atoms with E-state index in [1.54, 1.807) is 36.5 Å². The Morgan fingerprint density at radius 1 is 1.06 bits per heavy atom. The summed E-state index contributed by atoms with van der Waals surface area (Å²) in [6.07, 6.45) is 1.73. The van der Waals surface area contributed by atoms with E-state index in [1.807, 2.05) is 13.0 Å². The Balaban J connectivity index is 1.41. The smallest absolute Gasteiger partial charge is 0.262 e. The number of carbonyl (C=O) groups excluding carboxylic acids is 1. The maximum atomic E-state index is 13.0. The highest BCUT2D eigenvalue weighted by Crippen LogP contribution is 2.24. The SMILES string of the molecule is Cc1ccc2nc(COc3ccccc3NC(=O)COc3ccc(F)cc3)cc(=O)n2c1. The number of ether oxygens (including phenoxy) is 2. The minimum absolute atomic E-state index is 0.0541. The van der Waals surface area contributed by atoms with Gasteiger partial charge in [-0.3, -0.25) is 14.0 Å². The van der Waals surface area contributed by atoms with Crippen molar-refractivity contribution in [2.24, 2.45) is 0 Å². The molecule has 8 heteroatoms. The molecule has 0 unspecified atom stereocenters. The normalized spacial score (nSPS) is 10.7. The third kappa shape index (κ3) is 5.10. The molecule has 1 amide bonds. The maximum absolute atomic E-state index is 13.0. The van der Waals surface area contributed by atoms with E-state index < -0.39 is 5.91 Å². The monoisotopic (exact) mass is 433 g/mol. The molecule has 2 aromatic heterocycles. The van der Waals surface area contributed by atoms with Crippen molar-refractivity contribution < 1.29 is 18.7 Å². The predicted octanol–water partition coefficient (Wildman–Crippen LogP) is 3.74. The Labute approximate surface area is 183 Å². The number of anilines is 1. The molecule has 0 aliphatic rings. The van der Waals surface area contributed by atoms with Crippen LogP contribution >= 0.6 is 0 Å². The fraction of sp³-hybridized carbons (Fsp3) is 0.125. The fourth-order valence-corrected chi connectivity index (χ4v) is 3.05. The number of hydrogen-bond acceptors (Lipinski definition) is 5. The van der Waals surface area contributed by atoms with Crippen LogP contribution in [0.25, 0.3) is 5.65 Å². The summed E-state index contributed by atoms with van der Waals surface area (Å²) in [6.45, 7) is 1.71. The van der Waals surface area contributed by atoms with E-state index >= 15 is 0 Å². The van der Waals surface area contributed by atoms with Gasteiger partial charge in [-0.25, -0.2) is 9.37 Å². The summed E-state index contributed by atoms with van der Waals surface area (Å²) in [5, 5.41) is 2.73. The number of aryl methyl sites for hydroxylation is 1. The van der Waals surface area contributed by atoms with Gasteiger partial charge in [0.05, 0.1) is 11.4 Å². The van der Waals surface area contributed by atoms with Gasteiger partial charge >= 0.3 is 0 Å². The van der Waals surface area contributed by atoms with E-state index in [1.165, 1.54) is 34.7 Å². The number of pyridine rings is 1. The van der Waals surface area contributed by atoms with Gasteiger partial charge in [-0.15, -0.1) is 0 Å². The number of nitrogens with one attached hydrogen (secondary N) is 1. The third-order valence-corrected chi connectivity index (χ3v) is 4.58. The summed E-state index contributed by atoms with van der Waals surface area (Å²) in [5.74, 6) is 0.0258. The van der Waals surface area contributed by atoms with Crippen LogP contribution in [-0.4, -0.2) is 21.9 Å². The number of fused-ring (bicyclic) bond motifs is 1. The Kier molecular flexibility index (Phi) is 6.12. The lowest BCUT2D eigenvalue weighted by Crippen LogP contribution is -2.20. The van der Waals surface area contributed by atoms with Crippen LogP contribution in [0.3, 0.4) is 0 Å². The second-order valence-electron chi connectivity index (χ2n) is 7.10. The molecule has 0 fully saturated rings. The van der Waals surface area contributed by atoms with Crippen LogP contribution in [0.5, 0.6) is 11.5 Å². The van der Waals surface area contributed by atoms with Gasteiger partial charge in [0, 0.05) is 12.3 Å². The van der Waals surface area contributed by atoms with Crippen molar-refractivity contribution in [3.05, 3.63) is 100 Å². The van der Waals surface area contributed by atoms with Crippen LogP contribution in [0, 0.1) is 12.7 Å². The van der Waals surface area contributed by atoms with Crippen LogP contribution in [0.4, 0.5) is 10.1 Å². The number of para-hydroxylation sites is 2. The maximum Gasteiger partial charge on any atom is 0.262 e. The lowest BCUT2D eigenvalue weighted by Gasteiger charge is -2.13. The van der Waals surface area contributed by atoms with Crippen molar-refractivity contribution in [3.8, 4) is 11.5 Å². The first-order valence-electron chi connectivity index (χ1n) is 9.87. The number of rotatable bonds is 7. The van der Waals surface area contributed by atoms with E-state index in [0.29, 0.717) is 28.5 Å². The molecule has 1 N–H and O–H groups in total. The molecule has 4 aromatic rings. The molecule has 0 spiro atoms. The molecule has 0 saturated heterocycles. The zero-order valence-electron chi connectivity index (χ0n) is 17.2. The number of carbonyl (C=O) groups is 1. The summed E-state index contributed by atoms with van der Waals surface area (Å²) in [5.41, 5.74) is 2.21. The first kappa shape index (κ1) is 21.0. The van der Waals surface area contributed by atoms with Crippen molar-refractivity contribution in [1.82, 2.24) is 9.38 Å². The van der Waals surface area contributed by atoms with E-state index in [4.69, 9.17) is 9.47 Å². The summed E-state index contributed by atoms with van der Waals surface area (Å²) < 4.78 is 25.6. The highest BCUT2D eigenvalue weighted by atomic mass is 19.1. The molecule has 0 aliphatic heterocycles. The zero-order chi connectivity index (χ0) is 22.5. The number of hydrogen-bond donors (Lipinski definition) is 1. The average Bonchev–Trinajstić information content (AvgIpc) is 2.79. The van der Waals surface area contributed by atoms with Gasteiger partial charge in [-0.05, 0) is 55.0 Å². The second-order valence-corrected chi connectivity index (χ2v) is 7.10. The van der Waals surface area contributed by atoms with Crippen LogP contribution < -0.4 is 20.3 Å². The first-order valence-corrected chi connectivity index (χ1v) is 9.87. The topological polar surface area (TPSA) is 81.9 Å². The minimum Gasteiger partial charge on any atom is -0.485 e. The summed E-state index contributed by atoms with van der Waals surface area (Å²) in [4.78, 5) is 29.1. The van der Waals surface area contributed by atoms with Gasteiger partial charge < -0.3 is 14.8 Å². The molecule has 2 heterocycles. The van der Waals surface area contributed by atoms with Gasteiger partial charge in [0.2, 0.25) is 0 Å². The average molecular weight is 433 g/mol. The molecule has 2 aromatic carbocycles. The molecule has 0 atom stereocenters. The van der Waals surface area contributed by atoms with Crippen molar-refractivity contribution in [2.75, 3.05) is 11.9 Å². The minimum atomic E-state index is -0.400. The standard InChI is InChI=1S/C24H20FN3O4/c1-16-6-11-22-26-18(12-24(30)28(22)13-16)14-32-21-5-3-2-4-20(21)27-23(29)15-31-19-9-7-17(25)8-10-19/h2-13H,14-15H2,1H3,(H,27,29). The Morgan fingerprint density at radius 2 is 1.84 bits per heavy atom. The van der Waals surface area contributed by atoms with Crippen LogP contribution in [0.1, 0.15) is 11.3 Å². The van der Waals surface area contributed by atoms with E-state index in [-0.39, 0.29) is 24.6 Å². The Hall–Kier alpha value is -4.20. The summed E-state index contributed by atoms with van der Waals surface area (Å²) in [7, 11) is 0. The first-order chi connectivity index (χ1) is 15.5. The highest BCUT2D eigenvalue weighted by Gasteiger charge is 2.10. The second kappa shape index (κ2) is 9.30. The molecule has 32 heavy (non-hydrogen) atoms. The summed E-state index contributed by atoms with van der Waals surface area (Å²) >= 11 is 0. The molecule has 0 aliphatic carbocycles. The fourth-order valence-electron chi connectivity index (χ4n) is 3.05. The number of amides is 1. The lowest BCUT2D eigenvalue weighted by molar-refractivity contribution is -0.118. The molecule has 162 valence electrons. The van der Waals surface area contributed by atoms with Crippen LogP contribution in [0.15, 0.2) is 77.7 Å². The predicted molar refractivity (Wildman–Crippen MR) is 117 cm³/mol. The van der Waals surface area contributed by atoms with Crippen LogP contribution in [-0.2, 0) is 11.4 Å². The van der Waals surface area contributed by atoms with E-state index in [0.717, 1.165) is 5.56 Å². The van der Waals surface area contributed by atoms with Gasteiger partial charge in [0.15, 0.2) is 6.61 Å². The Morgan fingerprint density at radius 3 is 2.66 bits per heavy atom. The van der Waals surface area contributed by atoms with Gasteiger partial charge in [0.1, 0.15) is 29.6 Å². The van der Waals surface area contributed by atoms with Crippen molar-refractivity contribution in [2.45, 2.75) is 13.5 Å². The van der Waals surface area contributed by atoms with Crippen molar-refractivity contribution in [1.29, 1.82) is 0 Å². The Bertz CT molecular complexity index is 1320. The van der Waals surface area contributed by atoms with Gasteiger partial charge in [-0.1, -0.05) is 18.2 Å². The number of benzene rings is 2. The zero-order valence-corrected chi connectivity index (χ0v) is 17.2. The molecule has 0 bridgehead atoms. The number of nitrogens with zero attached hydrogens (tertiary/aromatic N) is 2.